The van der Waals surface area contributed by atoms with Crippen LogP contribution in [0.3, 0.4) is 0 Å². The quantitative estimate of drug-likeness (QED) is 0.225. The second-order valence-electron chi connectivity index (χ2n) is 9.03. The first-order valence-corrected chi connectivity index (χ1v) is 13.0. The summed E-state index contributed by atoms with van der Waals surface area (Å²) >= 11 is 12.6. The molecule has 0 saturated heterocycles. The highest BCUT2D eigenvalue weighted by Crippen LogP contribution is 2.27. The maximum atomic E-state index is 15.7. The predicted molar refractivity (Wildman–Crippen MR) is 155 cm³/mol. The van der Waals surface area contributed by atoms with E-state index in [0.29, 0.717) is 34.2 Å². The molecule has 0 aliphatic heterocycles. The van der Waals surface area contributed by atoms with Crippen LogP contribution < -0.4 is 5.56 Å². The molecular weight excluding hydrogens is 538 g/mol. The van der Waals surface area contributed by atoms with Crippen molar-refractivity contribution in [3.05, 3.63) is 116 Å². The number of aromatic nitrogens is 5. The molecule has 0 amide bonds. The maximum absolute atomic E-state index is 15.7. The lowest BCUT2D eigenvalue weighted by atomic mass is 9.94. The Morgan fingerprint density at radius 3 is 2.72 bits per heavy atom. The molecule has 10 heteroatoms. The SMILES string of the molecule is C/C=C/N=C(/C=C/n1c(C)cc(C(C)Cc2cncc(Cl)c2)c(Cl)c1=O)c1cccc(-c2ncnn2C)c1F. The fraction of sp³-hybridized carbons (Fsp3) is 0.207. The van der Waals surface area contributed by atoms with E-state index in [0.717, 1.165) is 11.1 Å². The fourth-order valence-corrected chi connectivity index (χ4v) is 4.80. The van der Waals surface area contributed by atoms with Gasteiger partial charge in [0.1, 0.15) is 17.2 Å². The molecule has 0 bridgehead atoms. The first-order valence-electron chi connectivity index (χ1n) is 12.2. The van der Waals surface area contributed by atoms with Gasteiger partial charge in [-0.15, -0.1) is 0 Å². The molecule has 200 valence electrons. The third-order valence-electron chi connectivity index (χ3n) is 6.21. The van der Waals surface area contributed by atoms with Gasteiger partial charge in [0, 0.05) is 43.1 Å². The number of hydrogen-bond donors (Lipinski definition) is 0. The summed E-state index contributed by atoms with van der Waals surface area (Å²) in [4.78, 5) is 26.0. The zero-order valence-electron chi connectivity index (χ0n) is 21.9. The van der Waals surface area contributed by atoms with Crippen LogP contribution in [0.4, 0.5) is 4.39 Å². The van der Waals surface area contributed by atoms with Crippen LogP contribution >= 0.6 is 23.2 Å². The third-order valence-corrected chi connectivity index (χ3v) is 6.80. The molecule has 1 unspecified atom stereocenters. The minimum absolute atomic E-state index is 0.0490. The number of rotatable bonds is 8. The van der Waals surface area contributed by atoms with Crippen LogP contribution in [0, 0.1) is 12.7 Å². The zero-order valence-corrected chi connectivity index (χ0v) is 23.4. The molecule has 0 spiro atoms. The normalized spacial score (nSPS) is 13.1. The summed E-state index contributed by atoms with van der Waals surface area (Å²) in [6.07, 6.45) is 11.7. The highest BCUT2D eigenvalue weighted by molar-refractivity contribution is 6.31. The van der Waals surface area contributed by atoms with Crippen LogP contribution in [0.2, 0.25) is 10.0 Å². The summed E-state index contributed by atoms with van der Waals surface area (Å²) in [5, 5.41) is 4.71. The minimum atomic E-state index is -0.497. The molecule has 1 aromatic carbocycles. The minimum Gasteiger partial charge on any atom is -0.287 e. The molecule has 3 aromatic heterocycles. The van der Waals surface area contributed by atoms with Crippen LogP contribution in [-0.4, -0.2) is 30.0 Å². The smallest absolute Gasteiger partial charge is 0.273 e. The molecule has 7 nitrogen and oxygen atoms in total. The Hall–Kier alpha value is -3.88. The lowest BCUT2D eigenvalue weighted by Crippen LogP contribution is -2.21. The molecule has 0 aliphatic carbocycles. The van der Waals surface area contributed by atoms with Crippen LogP contribution in [0.5, 0.6) is 0 Å². The van der Waals surface area contributed by atoms with E-state index in [9.17, 15) is 4.79 Å². The molecule has 3 heterocycles. The van der Waals surface area contributed by atoms with Crippen molar-refractivity contribution in [2.45, 2.75) is 33.1 Å². The standard InChI is InChI=1S/C29H27Cl2FN6O/c1-5-10-34-25(22-7-6-8-23(27(22)32)28-35-17-36-37(28)4)9-11-38-19(3)13-24(26(31)29(38)39)18(2)12-20-14-21(30)16-33-15-20/h5-11,13-18H,12H2,1-4H3/b10-5+,11-9+,34-25-. The Balaban J connectivity index is 1.70. The Kier molecular flexibility index (Phi) is 8.89. The Bertz CT molecular complexity index is 1650. The van der Waals surface area contributed by atoms with E-state index in [1.54, 1.807) is 62.2 Å². The van der Waals surface area contributed by atoms with Crippen molar-refractivity contribution in [1.82, 2.24) is 24.3 Å². The van der Waals surface area contributed by atoms with Gasteiger partial charge in [-0.05, 0) is 67.7 Å². The fourth-order valence-electron chi connectivity index (χ4n) is 4.27. The molecule has 4 aromatic rings. The summed E-state index contributed by atoms with van der Waals surface area (Å²) < 4.78 is 18.6. The second kappa shape index (κ2) is 12.3. The monoisotopic (exact) mass is 564 g/mol. The lowest BCUT2D eigenvalue weighted by Gasteiger charge is -2.16. The molecule has 0 aliphatic rings. The first kappa shape index (κ1) is 28.1. The summed E-state index contributed by atoms with van der Waals surface area (Å²) in [7, 11) is 1.69. The summed E-state index contributed by atoms with van der Waals surface area (Å²) in [5.41, 5.74) is 2.84. The molecule has 0 N–H and O–H groups in total. The highest BCUT2D eigenvalue weighted by Gasteiger charge is 2.18. The number of aliphatic imine (C=N–C) groups is 1. The summed E-state index contributed by atoms with van der Waals surface area (Å²) in [5.74, 6) is -0.156. The van der Waals surface area contributed by atoms with Crippen LogP contribution in [-0.2, 0) is 13.5 Å². The topological polar surface area (TPSA) is 78.0 Å². The number of allylic oxidation sites excluding steroid dienone is 2. The Labute approximate surface area is 236 Å². The molecule has 1 atom stereocenters. The zero-order chi connectivity index (χ0) is 28.1. The van der Waals surface area contributed by atoms with Crippen LogP contribution in [0.15, 0.2) is 77.2 Å². The van der Waals surface area contributed by atoms with E-state index < -0.39 is 5.82 Å². The van der Waals surface area contributed by atoms with Gasteiger partial charge in [0.15, 0.2) is 5.82 Å². The van der Waals surface area contributed by atoms with Gasteiger partial charge in [-0.25, -0.2) is 14.1 Å². The van der Waals surface area contributed by atoms with Crippen LogP contribution in [0.25, 0.3) is 17.6 Å². The van der Waals surface area contributed by atoms with E-state index in [-0.39, 0.29) is 22.1 Å². The molecule has 39 heavy (non-hydrogen) atoms. The third kappa shape index (κ3) is 6.24. The van der Waals surface area contributed by atoms with Gasteiger partial charge in [0.2, 0.25) is 0 Å². The summed E-state index contributed by atoms with van der Waals surface area (Å²) in [6.45, 7) is 5.62. The number of pyridine rings is 2. The second-order valence-corrected chi connectivity index (χ2v) is 9.85. The van der Waals surface area contributed by atoms with Crippen molar-refractivity contribution in [3.8, 4) is 11.4 Å². The van der Waals surface area contributed by atoms with Gasteiger partial charge >= 0.3 is 0 Å². The largest absolute Gasteiger partial charge is 0.287 e. The van der Waals surface area contributed by atoms with E-state index in [4.69, 9.17) is 23.2 Å². The molecular formula is C29H27Cl2FN6O. The molecule has 0 fully saturated rings. The number of aryl methyl sites for hydroxylation is 2. The van der Waals surface area contributed by atoms with Gasteiger partial charge in [-0.3, -0.25) is 19.3 Å². The van der Waals surface area contributed by atoms with Gasteiger partial charge in [-0.1, -0.05) is 42.3 Å². The number of nitrogens with zero attached hydrogens (tertiary/aromatic N) is 6. The number of hydrogen-bond acceptors (Lipinski definition) is 5. The number of halogens is 3. The van der Waals surface area contributed by atoms with Crippen molar-refractivity contribution in [1.29, 1.82) is 0 Å². The lowest BCUT2D eigenvalue weighted by molar-refractivity contribution is 0.625. The van der Waals surface area contributed by atoms with Crippen LogP contribution in [0.1, 0.15) is 42.1 Å². The summed E-state index contributed by atoms with van der Waals surface area (Å²) in [6, 6.07) is 8.71. The predicted octanol–water partition coefficient (Wildman–Crippen LogP) is 6.63. The maximum Gasteiger partial charge on any atom is 0.273 e. The van der Waals surface area contributed by atoms with E-state index in [1.165, 1.54) is 15.6 Å². The van der Waals surface area contributed by atoms with Gasteiger partial charge in [-0.2, -0.15) is 5.10 Å². The van der Waals surface area contributed by atoms with Crippen molar-refractivity contribution in [2.75, 3.05) is 0 Å². The van der Waals surface area contributed by atoms with Crippen molar-refractivity contribution >= 4 is 35.1 Å². The number of benzene rings is 1. The average molecular weight is 565 g/mol. The van der Waals surface area contributed by atoms with Gasteiger partial charge in [0.25, 0.3) is 5.56 Å². The average Bonchev–Trinajstić information content (AvgIpc) is 3.33. The highest BCUT2D eigenvalue weighted by atomic mass is 35.5. The Morgan fingerprint density at radius 1 is 1.23 bits per heavy atom. The molecule has 0 radical (unpaired) electrons. The molecule has 4 rings (SSSR count). The first-order chi connectivity index (χ1) is 18.7. The van der Waals surface area contributed by atoms with Crippen molar-refractivity contribution in [3.63, 3.8) is 0 Å². The van der Waals surface area contributed by atoms with Crippen molar-refractivity contribution in [2.24, 2.45) is 12.0 Å². The van der Waals surface area contributed by atoms with Crippen molar-refractivity contribution < 1.29 is 4.39 Å². The molecule has 0 saturated carbocycles. The van der Waals surface area contributed by atoms with E-state index in [1.807, 2.05) is 32.9 Å². The van der Waals surface area contributed by atoms with E-state index >= 15 is 4.39 Å². The van der Waals surface area contributed by atoms with Gasteiger partial charge in [0.05, 0.1) is 16.3 Å². The van der Waals surface area contributed by atoms with Gasteiger partial charge < -0.3 is 0 Å². The van der Waals surface area contributed by atoms with E-state index in [2.05, 4.69) is 20.1 Å². The Morgan fingerprint density at radius 2 is 2.03 bits per heavy atom.